The molecule has 2 heterocycles. The fourth-order valence-electron chi connectivity index (χ4n) is 2.38. The standard InChI is InChI=1S/C14H14N4O/c15-12-5-10-3-1-2-4-13(10)18(8-12)14(19)11-6-16-9-17-7-11/h1-4,6-7,9,12H,5,8,15H2. The van der Waals surface area contributed by atoms with Gasteiger partial charge in [-0.05, 0) is 18.1 Å². The molecule has 1 unspecified atom stereocenters. The van der Waals surface area contributed by atoms with Crippen molar-refractivity contribution in [1.29, 1.82) is 0 Å². The van der Waals surface area contributed by atoms with Gasteiger partial charge in [0.1, 0.15) is 6.33 Å². The van der Waals surface area contributed by atoms with Crippen LogP contribution in [0.3, 0.4) is 0 Å². The van der Waals surface area contributed by atoms with Gasteiger partial charge >= 0.3 is 0 Å². The van der Waals surface area contributed by atoms with E-state index in [2.05, 4.69) is 9.97 Å². The van der Waals surface area contributed by atoms with E-state index >= 15 is 0 Å². The molecule has 2 aromatic rings. The largest absolute Gasteiger partial charge is 0.326 e. The van der Waals surface area contributed by atoms with Crippen molar-refractivity contribution >= 4 is 11.6 Å². The summed E-state index contributed by atoms with van der Waals surface area (Å²) in [6.07, 6.45) is 5.26. The zero-order chi connectivity index (χ0) is 13.2. The third kappa shape index (κ3) is 2.20. The highest BCUT2D eigenvalue weighted by Crippen LogP contribution is 2.27. The first-order chi connectivity index (χ1) is 9.25. The lowest BCUT2D eigenvalue weighted by atomic mass is 9.98. The van der Waals surface area contributed by atoms with Crippen LogP contribution in [0.2, 0.25) is 0 Å². The van der Waals surface area contributed by atoms with Gasteiger partial charge in [-0.15, -0.1) is 0 Å². The number of fused-ring (bicyclic) bond motifs is 1. The number of nitrogens with two attached hydrogens (primary N) is 1. The maximum atomic E-state index is 12.5. The molecule has 96 valence electrons. The van der Waals surface area contributed by atoms with Crippen LogP contribution in [0.1, 0.15) is 15.9 Å². The minimum absolute atomic E-state index is 0.0384. The fourth-order valence-corrected chi connectivity index (χ4v) is 2.38. The summed E-state index contributed by atoms with van der Waals surface area (Å²) < 4.78 is 0. The summed E-state index contributed by atoms with van der Waals surface area (Å²) in [5.74, 6) is -0.108. The van der Waals surface area contributed by atoms with E-state index in [1.807, 2.05) is 24.3 Å². The molecule has 2 N–H and O–H groups in total. The van der Waals surface area contributed by atoms with Gasteiger partial charge in [0.25, 0.3) is 5.91 Å². The van der Waals surface area contributed by atoms with E-state index in [4.69, 9.17) is 5.73 Å². The molecule has 0 saturated carbocycles. The highest BCUT2D eigenvalue weighted by Gasteiger charge is 2.27. The number of nitrogens with zero attached hydrogens (tertiary/aromatic N) is 3. The summed E-state index contributed by atoms with van der Waals surface area (Å²) in [6.45, 7) is 0.519. The Morgan fingerprint density at radius 2 is 2.00 bits per heavy atom. The molecular formula is C14H14N4O. The summed E-state index contributed by atoms with van der Waals surface area (Å²) in [5, 5.41) is 0. The molecular weight excluding hydrogens is 240 g/mol. The van der Waals surface area contributed by atoms with Crippen molar-refractivity contribution in [2.24, 2.45) is 5.73 Å². The monoisotopic (exact) mass is 254 g/mol. The number of hydrogen-bond donors (Lipinski definition) is 1. The van der Waals surface area contributed by atoms with Crippen LogP contribution < -0.4 is 10.6 Å². The average Bonchev–Trinajstić information content (AvgIpc) is 2.46. The molecule has 0 saturated heterocycles. The zero-order valence-electron chi connectivity index (χ0n) is 10.4. The van der Waals surface area contributed by atoms with Gasteiger partial charge in [0.05, 0.1) is 5.56 Å². The van der Waals surface area contributed by atoms with E-state index in [0.717, 1.165) is 17.7 Å². The van der Waals surface area contributed by atoms with Crippen molar-refractivity contribution in [3.05, 3.63) is 54.1 Å². The lowest BCUT2D eigenvalue weighted by Gasteiger charge is -2.32. The van der Waals surface area contributed by atoms with Crippen LogP contribution in [-0.4, -0.2) is 28.5 Å². The smallest absolute Gasteiger partial charge is 0.261 e. The average molecular weight is 254 g/mol. The number of carbonyl (C=O) groups is 1. The minimum Gasteiger partial charge on any atom is -0.326 e. The van der Waals surface area contributed by atoms with E-state index in [1.54, 1.807) is 4.90 Å². The molecule has 1 aliphatic heterocycles. The molecule has 1 amide bonds. The highest BCUT2D eigenvalue weighted by atomic mass is 16.2. The van der Waals surface area contributed by atoms with Crippen LogP contribution in [0.4, 0.5) is 5.69 Å². The third-order valence-electron chi connectivity index (χ3n) is 3.23. The van der Waals surface area contributed by atoms with E-state index in [9.17, 15) is 4.79 Å². The second-order valence-corrected chi connectivity index (χ2v) is 4.64. The molecule has 1 aromatic heterocycles. The Kier molecular flexibility index (Phi) is 2.97. The van der Waals surface area contributed by atoms with Gasteiger partial charge in [-0.25, -0.2) is 9.97 Å². The Morgan fingerprint density at radius 3 is 2.79 bits per heavy atom. The summed E-state index contributed by atoms with van der Waals surface area (Å²) >= 11 is 0. The molecule has 3 rings (SSSR count). The van der Waals surface area contributed by atoms with Gasteiger partial charge in [-0.2, -0.15) is 0 Å². The Bertz CT molecular complexity index is 599. The van der Waals surface area contributed by atoms with Crippen LogP contribution in [0, 0.1) is 0 Å². The maximum Gasteiger partial charge on any atom is 0.261 e. The normalized spacial score (nSPS) is 17.9. The SMILES string of the molecule is NC1Cc2ccccc2N(C(=O)c2cncnc2)C1. The lowest BCUT2D eigenvalue weighted by Crippen LogP contribution is -2.46. The molecule has 0 fully saturated rings. The number of para-hydroxylation sites is 1. The van der Waals surface area contributed by atoms with E-state index in [-0.39, 0.29) is 11.9 Å². The zero-order valence-corrected chi connectivity index (χ0v) is 10.4. The van der Waals surface area contributed by atoms with Crippen molar-refractivity contribution in [3.63, 3.8) is 0 Å². The molecule has 0 aliphatic carbocycles. The first-order valence-corrected chi connectivity index (χ1v) is 6.16. The predicted octanol–water partition coefficient (Wildman–Crippen LogP) is 1.01. The Labute approximate surface area is 111 Å². The Hall–Kier alpha value is -2.27. The Balaban J connectivity index is 1.99. The third-order valence-corrected chi connectivity index (χ3v) is 3.23. The molecule has 0 bridgehead atoms. The van der Waals surface area contributed by atoms with Gasteiger partial charge in [-0.3, -0.25) is 4.79 Å². The lowest BCUT2D eigenvalue weighted by molar-refractivity contribution is 0.0982. The first kappa shape index (κ1) is 11.8. The van der Waals surface area contributed by atoms with Crippen molar-refractivity contribution in [1.82, 2.24) is 9.97 Å². The van der Waals surface area contributed by atoms with Gasteiger partial charge in [-0.1, -0.05) is 18.2 Å². The topological polar surface area (TPSA) is 72.1 Å². The van der Waals surface area contributed by atoms with Crippen molar-refractivity contribution in [3.8, 4) is 0 Å². The van der Waals surface area contributed by atoms with Gasteiger partial charge in [0.2, 0.25) is 0 Å². The summed E-state index contributed by atoms with van der Waals surface area (Å²) in [6, 6.07) is 7.81. The number of anilines is 1. The van der Waals surface area contributed by atoms with Crippen LogP contribution in [0.15, 0.2) is 43.0 Å². The molecule has 0 spiro atoms. The second kappa shape index (κ2) is 4.78. The van der Waals surface area contributed by atoms with Crippen molar-refractivity contribution in [2.45, 2.75) is 12.5 Å². The number of carbonyl (C=O) groups excluding carboxylic acids is 1. The molecule has 1 aromatic carbocycles. The van der Waals surface area contributed by atoms with E-state index < -0.39 is 0 Å². The van der Waals surface area contributed by atoms with Crippen molar-refractivity contribution < 1.29 is 4.79 Å². The van der Waals surface area contributed by atoms with Crippen LogP contribution in [0.25, 0.3) is 0 Å². The number of rotatable bonds is 1. The Morgan fingerprint density at radius 1 is 1.26 bits per heavy atom. The molecule has 1 aliphatic rings. The van der Waals surface area contributed by atoms with E-state index in [0.29, 0.717) is 12.1 Å². The number of hydrogen-bond acceptors (Lipinski definition) is 4. The maximum absolute atomic E-state index is 12.5. The number of benzene rings is 1. The predicted molar refractivity (Wildman–Crippen MR) is 71.8 cm³/mol. The van der Waals surface area contributed by atoms with Gasteiger partial charge < -0.3 is 10.6 Å². The molecule has 1 atom stereocenters. The molecule has 5 nitrogen and oxygen atoms in total. The summed E-state index contributed by atoms with van der Waals surface area (Å²) in [4.78, 5) is 22.0. The molecule has 19 heavy (non-hydrogen) atoms. The van der Waals surface area contributed by atoms with Crippen LogP contribution in [0.5, 0.6) is 0 Å². The summed E-state index contributed by atoms with van der Waals surface area (Å²) in [5.41, 5.74) is 8.54. The first-order valence-electron chi connectivity index (χ1n) is 6.16. The molecule has 0 radical (unpaired) electrons. The van der Waals surface area contributed by atoms with Gasteiger partial charge in [0.15, 0.2) is 0 Å². The van der Waals surface area contributed by atoms with Crippen molar-refractivity contribution in [2.75, 3.05) is 11.4 Å². The van der Waals surface area contributed by atoms with Crippen LogP contribution in [-0.2, 0) is 6.42 Å². The highest BCUT2D eigenvalue weighted by molar-refractivity contribution is 6.06. The van der Waals surface area contributed by atoms with Gasteiger partial charge in [0, 0.05) is 30.7 Å². The van der Waals surface area contributed by atoms with Crippen LogP contribution >= 0.6 is 0 Å². The number of aromatic nitrogens is 2. The van der Waals surface area contributed by atoms with E-state index in [1.165, 1.54) is 18.7 Å². The number of amides is 1. The second-order valence-electron chi connectivity index (χ2n) is 4.64. The molecule has 5 heteroatoms. The summed E-state index contributed by atoms with van der Waals surface area (Å²) in [7, 11) is 0. The minimum atomic E-state index is -0.108. The quantitative estimate of drug-likeness (QED) is 0.824. The fraction of sp³-hybridized carbons (Fsp3) is 0.214.